The normalized spacial score (nSPS) is 21.9. The lowest BCUT2D eigenvalue weighted by Gasteiger charge is -2.31. The molecule has 1 amide bonds. The Balaban J connectivity index is 1.59. The number of halogens is 3. The van der Waals surface area contributed by atoms with Crippen LogP contribution in [0.25, 0.3) is 5.69 Å². The van der Waals surface area contributed by atoms with E-state index in [-0.39, 0.29) is 28.7 Å². The summed E-state index contributed by atoms with van der Waals surface area (Å²) in [5, 5.41) is 16.3. The number of amides is 1. The van der Waals surface area contributed by atoms with Gasteiger partial charge < -0.3 is 26.6 Å². The zero-order chi connectivity index (χ0) is 27.8. The van der Waals surface area contributed by atoms with Crippen LogP contribution in [-0.4, -0.2) is 51.6 Å². The fourth-order valence-corrected chi connectivity index (χ4v) is 5.25. The second-order valence-electron chi connectivity index (χ2n) is 11.0. The number of primary amides is 1. The van der Waals surface area contributed by atoms with Crippen molar-refractivity contribution in [2.24, 2.45) is 16.9 Å². The number of nitrogens with one attached hydrogen (secondary N) is 1. The number of hydrogen-bond donors (Lipinski definition) is 4. The summed E-state index contributed by atoms with van der Waals surface area (Å²) >= 11 is 0. The van der Waals surface area contributed by atoms with Crippen molar-refractivity contribution < 1.29 is 32.6 Å². The van der Waals surface area contributed by atoms with Gasteiger partial charge in [0.05, 0.1) is 17.9 Å². The second-order valence-corrected chi connectivity index (χ2v) is 11.0. The molecule has 2 aliphatic carbocycles. The van der Waals surface area contributed by atoms with E-state index < -0.39 is 36.4 Å². The van der Waals surface area contributed by atoms with E-state index in [0.717, 1.165) is 0 Å². The first-order chi connectivity index (χ1) is 17.8. The van der Waals surface area contributed by atoms with Gasteiger partial charge in [-0.05, 0) is 68.6 Å². The maximum absolute atomic E-state index is 13.8. The summed E-state index contributed by atoms with van der Waals surface area (Å²) in [4.78, 5) is 24.0. The quantitative estimate of drug-likeness (QED) is 0.397. The summed E-state index contributed by atoms with van der Waals surface area (Å²) in [6.45, 7) is 3.55. The summed E-state index contributed by atoms with van der Waals surface area (Å²) in [7, 11) is 0. The van der Waals surface area contributed by atoms with Crippen molar-refractivity contribution in [3.8, 4) is 5.69 Å². The number of aliphatic hydroxyl groups excluding tert-OH is 1. The summed E-state index contributed by atoms with van der Waals surface area (Å²) in [6, 6.07) is 3.51. The van der Waals surface area contributed by atoms with Crippen LogP contribution in [0.3, 0.4) is 0 Å². The molecule has 0 spiro atoms. The summed E-state index contributed by atoms with van der Waals surface area (Å²) in [5.41, 5.74) is 11.8. The molecule has 6 N–H and O–H groups in total. The highest BCUT2D eigenvalue weighted by Crippen LogP contribution is 2.42. The molecule has 1 atom stereocenters. The van der Waals surface area contributed by atoms with Gasteiger partial charge in [0.25, 0.3) is 5.91 Å². The molecule has 4 rings (SSSR count). The van der Waals surface area contributed by atoms with Crippen LogP contribution in [0, 0.1) is 5.41 Å². The second kappa shape index (κ2) is 10.6. The number of nitrogens with zero attached hydrogens (tertiary/aromatic N) is 2. The minimum absolute atomic E-state index is 0.0824. The molecule has 1 saturated carbocycles. The van der Waals surface area contributed by atoms with Gasteiger partial charge in [-0.2, -0.15) is 18.3 Å². The van der Waals surface area contributed by atoms with Crippen molar-refractivity contribution in [1.29, 1.82) is 0 Å². The first-order valence-corrected chi connectivity index (χ1v) is 12.7. The van der Waals surface area contributed by atoms with Gasteiger partial charge in [-0.25, -0.2) is 4.68 Å². The predicted octanol–water partition coefficient (Wildman–Crippen LogP) is 3.09. The largest absolute Gasteiger partial charge is 0.461 e. The highest BCUT2D eigenvalue weighted by Gasteiger charge is 2.42. The van der Waals surface area contributed by atoms with E-state index in [1.807, 2.05) is 13.8 Å². The molecule has 1 aromatic carbocycles. The predicted molar refractivity (Wildman–Crippen MR) is 134 cm³/mol. The summed E-state index contributed by atoms with van der Waals surface area (Å²) in [6.07, 6.45) is -1.24. The van der Waals surface area contributed by atoms with E-state index in [0.29, 0.717) is 62.0 Å². The van der Waals surface area contributed by atoms with E-state index in [9.17, 15) is 22.8 Å². The minimum Gasteiger partial charge on any atom is -0.461 e. The number of hydrogen-bond acceptors (Lipinski definition) is 7. The Morgan fingerprint density at radius 2 is 1.95 bits per heavy atom. The van der Waals surface area contributed by atoms with Crippen molar-refractivity contribution in [2.45, 2.75) is 83.2 Å². The number of fused-ring (bicyclic) bond motifs is 1. The van der Waals surface area contributed by atoms with E-state index in [1.165, 1.54) is 10.7 Å². The Labute approximate surface area is 218 Å². The Hall–Kier alpha value is -3.12. The van der Waals surface area contributed by atoms with Gasteiger partial charge in [0.2, 0.25) is 0 Å². The standard InChI is InChI=1S/C26H34F3N5O4/c1-25(2)10-9-18-21(12-25)34(33-22(18)26(27,28)29)15-5-8-17(23(31)36)20(11-15)32-14-3-6-16(7-4-14)38-24(37)19(30)13-35/h5,8,11,14,16,19,32,35H,3-4,6-7,9-10,12-13,30H2,1-2H3,(H2,31,36)/t14?,16?,19-/m0/s1. The van der Waals surface area contributed by atoms with E-state index >= 15 is 0 Å². The van der Waals surface area contributed by atoms with Gasteiger partial charge in [0, 0.05) is 23.0 Å². The molecule has 208 valence electrons. The third-order valence-electron chi connectivity index (χ3n) is 7.39. The number of ether oxygens (including phenoxy) is 1. The van der Waals surface area contributed by atoms with Crippen LogP contribution in [-0.2, 0) is 28.5 Å². The Bertz CT molecular complexity index is 1200. The number of anilines is 1. The lowest BCUT2D eigenvalue weighted by atomic mass is 9.76. The fourth-order valence-electron chi connectivity index (χ4n) is 5.25. The van der Waals surface area contributed by atoms with Crippen LogP contribution < -0.4 is 16.8 Å². The molecule has 0 bridgehead atoms. The number of rotatable bonds is 7. The molecule has 2 aliphatic rings. The lowest BCUT2D eigenvalue weighted by Crippen LogP contribution is -2.39. The van der Waals surface area contributed by atoms with Crippen LogP contribution in [0.1, 0.15) is 73.3 Å². The number of carbonyl (C=O) groups excluding carboxylic acids is 2. The smallest absolute Gasteiger partial charge is 0.435 e. The number of aromatic nitrogens is 2. The van der Waals surface area contributed by atoms with E-state index in [4.69, 9.17) is 21.3 Å². The van der Waals surface area contributed by atoms with Crippen molar-refractivity contribution in [3.05, 3.63) is 40.7 Å². The highest BCUT2D eigenvalue weighted by molar-refractivity contribution is 5.99. The monoisotopic (exact) mass is 537 g/mol. The SMILES string of the molecule is CC1(C)CCc2c(C(F)(F)F)nn(-c3ccc(C(N)=O)c(NC4CCC(OC(=O)[C@@H](N)CO)CC4)c3)c2C1. The molecule has 9 nitrogen and oxygen atoms in total. The first kappa shape index (κ1) is 27.9. The number of esters is 1. The van der Waals surface area contributed by atoms with Gasteiger partial charge in [-0.15, -0.1) is 0 Å². The van der Waals surface area contributed by atoms with Gasteiger partial charge >= 0.3 is 12.1 Å². The fraction of sp³-hybridized carbons (Fsp3) is 0.577. The third kappa shape index (κ3) is 5.96. The number of benzene rings is 1. The van der Waals surface area contributed by atoms with Crippen LogP contribution in [0.5, 0.6) is 0 Å². The molecule has 1 aromatic heterocycles. The minimum atomic E-state index is -4.58. The zero-order valence-corrected chi connectivity index (χ0v) is 21.5. The molecular weight excluding hydrogens is 503 g/mol. The summed E-state index contributed by atoms with van der Waals surface area (Å²) < 4.78 is 48.2. The molecular formula is C26H34F3N5O4. The van der Waals surface area contributed by atoms with E-state index in [2.05, 4.69) is 10.4 Å². The van der Waals surface area contributed by atoms with Crippen LogP contribution in [0.2, 0.25) is 0 Å². The van der Waals surface area contributed by atoms with Gasteiger partial charge in [-0.3, -0.25) is 9.59 Å². The molecule has 0 radical (unpaired) electrons. The maximum Gasteiger partial charge on any atom is 0.435 e. The molecule has 12 heteroatoms. The van der Waals surface area contributed by atoms with Gasteiger partial charge in [0.1, 0.15) is 12.1 Å². The third-order valence-corrected chi connectivity index (χ3v) is 7.39. The zero-order valence-electron chi connectivity index (χ0n) is 21.5. The maximum atomic E-state index is 13.8. The Morgan fingerprint density at radius 3 is 2.55 bits per heavy atom. The molecule has 0 saturated heterocycles. The van der Waals surface area contributed by atoms with Crippen LogP contribution >= 0.6 is 0 Å². The Kier molecular flexibility index (Phi) is 7.76. The van der Waals surface area contributed by atoms with Crippen molar-refractivity contribution >= 4 is 17.6 Å². The van der Waals surface area contributed by atoms with Crippen LogP contribution in [0.15, 0.2) is 18.2 Å². The van der Waals surface area contributed by atoms with Gasteiger partial charge in [-0.1, -0.05) is 13.8 Å². The number of nitrogens with two attached hydrogens (primary N) is 2. The number of aliphatic hydroxyl groups is 1. The number of carbonyl (C=O) groups is 2. The lowest BCUT2D eigenvalue weighted by molar-refractivity contribution is -0.153. The first-order valence-electron chi connectivity index (χ1n) is 12.7. The van der Waals surface area contributed by atoms with Gasteiger partial charge in [0.15, 0.2) is 5.69 Å². The molecule has 1 heterocycles. The molecule has 0 unspecified atom stereocenters. The van der Waals surface area contributed by atoms with Crippen molar-refractivity contribution in [2.75, 3.05) is 11.9 Å². The topological polar surface area (TPSA) is 145 Å². The van der Waals surface area contributed by atoms with Crippen molar-refractivity contribution in [1.82, 2.24) is 9.78 Å². The molecule has 1 fully saturated rings. The molecule has 0 aliphatic heterocycles. The summed E-state index contributed by atoms with van der Waals surface area (Å²) in [5.74, 6) is -1.32. The molecule has 38 heavy (non-hydrogen) atoms. The highest BCUT2D eigenvalue weighted by atomic mass is 19.4. The van der Waals surface area contributed by atoms with Crippen LogP contribution in [0.4, 0.5) is 18.9 Å². The van der Waals surface area contributed by atoms with E-state index in [1.54, 1.807) is 12.1 Å². The average molecular weight is 538 g/mol. The number of alkyl halides is 3. The molecule has 2 aromatic rings. The average Bonchev–Trinajstić information content (AvgIpc) is 3.22. The van der Waals surface area contributed by atoms with Crippen molar-refractivity contribution in [3.63, 3.8) is 0 Å². The Morgan fingerprint density at radius 1 is 1.26 bits per heavy atom.